The van der Waals surface area contributed by atoms with Crippen LogP contribution in [0.25, 0.3) is 0 Å². The van der Waals surface area contributed by atoms with Crippen LogP contribution in [0.3, 0.4) is 0 Å². The molecule has 0 spiro atoms. The molecule has 0 aromatic heterocycles. The number of nitrogens with one attached hydrogen (secondary N) is 1. The van der Waals surface area contributed by atoms with E-state index >= 15 is 0 Å². The Hall–Kier alpha value is -1.40. The molecule has 26 heavy (non-hydrogen) atoms. The summed E-state index contributed by atoms with van der Waals surface area (Å²) in [6.45, 7) is 3.89. The van der Waals surface area contributed by atoms with Gasteiger partial charge in [0.05, 0.1) is 27.9 Å². The summed E-state index contributed by atoms with van der Waals surface area (Å²) in [5, 5.41) is 10.8. The quantitative estimate of drug-likeness (QED) is 0.199. The van der Waals surface area contributed by atoms with Gasteiger partial charge in [0, 0.05) is 16.1 Å². The standard InChI is InChI=1S/C16H15BrIN3O4S/c1-8(2)25-14-9(4-10(17)5-11(14)18)7-19-21-16-20-15(23)12(26-16)6-13(22)24-3/h4-8H,1-3H3,(H,20,21,23)/b12-6+,19-7?. The van der Waals surface area contributed by atoms with Gasteiger partial charge in [-0.1, -0.05) is 15.9 Å². The van der Waals surface area contributed by atoms with E-state index in [4.69, 9.17) is 4.74 Å². The number of halogens is 2. The third kappa shape index (κ3) is 5.81. The van der Waals surface area contributed by atoms with Gasteiger partial charge in [-0.25, -0.2) is 4.79 Å². The van der Waals surface area contributed by atoms with Crippen LogP contribution in [-0.4, -0.2) is 36.5 Å². The van der Waals surface area contributed by atoms with E-state index in [9.17, 15) is 9.59 Å². The van der Waals surface area contributed by atoms with Crippen LogP contribution in [0.5, 0.6) is 5.75 Å². The van der Waals surface area contributed by atoms with Gasteiger partial charge in [-0.05, 0) is 60.3 Å². The molecule has 0 radical (unpaired) electrons. The van der Waals surface area contributed by atoms with Crippen LogP contribution in [0, 0.1) is 3.57 Å². The lowest BCUT2D eigenvalue weighted by Crippen LogP contribution is -2.19. The number of methoxy groups -OCH3 is 1. The first-order valence-electron chi connectivity index (χ1n) is 7.35. The third-order valence-electron chi connectivity index (χ3n) is 2.84. The molecule has 1 heterocycles. The van der Waals surface area contributed by atoms with Gasteiger partial charge >= 0.3 is 5.97 Å². The first-order chi connectivity index (χ1) is 12.3. The number of hydrogen-bond acceptors (Lipinski definition) is 7. The van der Waals surface area contributed by atoms with Gasteiger partial charge in [0.1, 0.15) is 5.75 Å². The van der Waals surface area contributed by atoms with E-state index in [1.807, 2.05) is 26.0 Å². The van der Waals surface area contributed by atoms with E-state index in [2.05, 4.69) is 58.8 Å². The lowest BCUT2D eigenvalue weighted by molar-refractivity contribution is -0.135. The normalized spacial score (nSPS) is 17.4. The van der Waals surface area contributed by atoms with Gasteiger partial charge in [0.25, 0.3) is 5.91 Å². The first-order valence-corrected chi connectivity index (χ1v) is 10.0. The van der Waals surface area contributed by atoms with Crippen LogP contribution >= 0.6 is 50.3 Å². The fourth-order valence-electron chi connectivity index (χ4n) is 1.82. The zero-order valence-corrected chi connectivity index (χ0v) is 18.6. The highest BCUT2D eigenvalue weighted by atomic mass is 127. The Bertz CT molecular complexity index is 824. The molecule has 1 aliphatic heterocycles. The summed E-state index contributed by atoms with van der Waals surface area (Å²) in [4.78, 5) is 23.2. The smallest absolute Gasteiger partial charge is 0.331 e. The summed E-state index contributed by atoms with van der Waals surface area (Å²) in [5.74, 6) is -0.316. The zero-order valence-electron chi connectivity index (χ0n) is 14.1. The molecule has 0 saturated carbocycles. The minimum atomic E-state index is -0.605. The van der Waals surface area contributed by atoms with Gasteiger partial charge in [-0.2, -0.15) is 5.10 Å². The van der Waals surface area contributed by atoms with E-state index < -0.39 is 11.9 Å². The van der Waals surface area contributed by atoms with Crippen molar-refractivity contribution < 1.29 is 19.1 Å². The molecule has 1 amide bonds. The number of carbonyl (C=O) groups excluding carboxylic acids is 2. The number of benzene rings is 1. The molecule has 10 heteroatoms. The van der Waals surface area contributed by atoms with Crippen molar-refractivity contribution in [1.29, 1.82) is 0 Å². The van der Waals surface area contributed by atoms with Crippen LogP contribution in [0.1, 0.15) is 19.4 Å². The van der Waals surface area contributed by atoms with Crippen molar-refractivity contribution in [2.45, 2.75) is 20.0 Å². The molecular weight excluding hydrogens is 537 g/mol. The molecule has 1 N–H and O–H groups in total. The van der Waals surface area contributed by atoms with E-state index in [0.717, 1.165) is 31.4 Å². The van der Waals surface area contributed by atoms with Crippen molar-refractivity contribution in [3.05, 3.63) is 36.7 Å². The largest absolute Gasteiger partial charge is 0.489 e. The van der Waals surface area contributed by atoms with E-state index in [1.54, 1.807) is 6.21 Å². The predicted octanol–water partition coefficient (Wildman–Crippen LogP) is 3.45. The van der Waals surface area contributed by atoms with E-state index in [0.29, 0.717) is 5.75 Å². The van der Waals surface area contributed by atoms with E-state index in [1.165, 1.54) is 7.11 Å². The molecular formula is C16H15BrIN3O4S. The molecule has 2 rings (SSSR count). The number of amides is 1. The maximum Gasteiger partial charge on any atom is 0.331 e. The summed E-state index contributed by atoms with van der Waals surface area (Å²) in [6, 6.07) is 3.81. The second kappa shape index (κ2) is 9.51. The minimum Gasteiger partial charge on any atom is -0.489 e. The van der Waals surface area contributed by atoms with Gasteiger partial charge < -0.3 is 9.47 Å². The van der Waals surface area contributed by atoms with Crippen molar-refractivity contribution in [3.8, 4) is 5.75 Å². The third-order valence-corrected chi connectivity index (χ3v) is 5.00. The maximum atomic E-state index is 11.8. The highest BCUT2D eigenvalue weighted by molar-refractivity contribution is 14.1. The summed E-state index contributed by atoms with van der Waals surface area (Å²) >= 11 is 6.65. The average Bonchev–Trinajstić information content (AvgIpc) is 2.90. The zero-order chi connectivity index (χ0) is 19.3. The Morgan fingerprint density at radius 3 is 2.81 bits per heavy atom. The number of hydrogen-bond donors (Lipinski definition) is 1. The summed E-state index contributed by atoms with van der Waals surface area (Å²) < 4.78 is 12.2. The van der Waals surface area contributed by atoms with Crippen LogP contribution in [0.2, 0.25) is 0 Å². The van der Waals surface area contributed by atoms with Crippen molar-refractivity contribution in [1.82, 2.24) is 5.32 Å². The van der Waals surface area contributed by atoms with Crippen molar-refractivity contribution in [2.75, 3.05) is 7.11 Å². The molecule has 1 fully saturated rings. The highest BCUT2D eigenvalue weighted by Crippen LogP contribution is 2.30. The second-order valence-electron chi connectivity index (χ2n) is 5.21. The Morgan fingerprint density at radius 1 is 1.42 bits per heavy atom. The van der Waals surface area contributed by atoms with Gasteiger partial charge in [-0.3, -0.25) is 10.1 Å². The summed E-state index contributed by atoms with van der Waals surface area (Å²) in [7, 11) is 1.24. The average molecular weight is 552 g/mol. The number of amidine groups is 1. The second-order valence-corrected chi connectivity index (χ2v) is 8.32. The molecule has 0 aliphatic carbocycles. The highest BCUT2D eigenvalue weighted by Gasteiger charge is 2.25. The van der Waals surface area contributed by atoms with Gasteiger partial charge in [0.2, 0.25) is 0 Å². The fourth-order valence-corrected chi connectivity index (χ4v) is 4.24. The predicted molar refractivity (Wildman–Crippen MR) is 113 cm³/mol. The fraction of sp³-hybridized carbons (Fsp3) is 0.250. The Labute approximate surface area is 176 Å². The number of ether oxygens (including phenoxy) is 2. The number of thioether (sulfide) groups is 1. The molecule has 7 nitrogen and oxygen atoms in total. The number of esters is 1. The molecule has 1 aromatic carbocycles. The number of rotatable bonds is 5. The van der Waals surface area contributed by atoms with E-state index in [-0.39, 0.29) is 16.2 Å². The van der Waals surface area contributed by atoms with Crippen LogP contribution in [0.4, 0.5) is 0 Å². The molecule has 0 atom stereocenters. The lowest BCUT2D eigenvalue weighted by Gasteiger charge is -2.14. The Balaban J connectivity index is 2.21. The first kappa shape index (κ1) is 20.9. The topological polar surface area (TPSA) is 89.3 Å². The lowest BCUT2D eigenvalue weighted by atomic mass is 10.2. The molecule has 1 aliphatic rings. The number of carbonyl (C=O) groups is 2. The molecule has 1 saturated heterocycles. The van der Waals surface area contributed by atoms with Crippen molar-refractivity contribution in [3.63, 3.8) is 0 Å². The van der Waals surface area contributed by atoms with Crippen molar-refractivity contribution >= 4 is 73.5 Å². The minimum absolute atomic E-state index is 0.0128. The monoisotopic (exact) mass is 551 g/mol. The molecule has 138 valence electrons. The maximum absolute atomic E-state index is 11.8. The number of nitrogens with zero attached hydrogens (tertiary/aromatic N) is 2. The van der Waals surface area contributed by atoms with Crippen LogP contribution < -0.4 is 10.1 Å². The van der Waals surface area contributed by atoms with Crippen LogP contribution in [0.15, 0.2) is 37.8 Å². The summed E-state index contributed by atoms with van der Waals surface area (Å²) in [5.41, 5.74) is 0.751. The molecule has 1 aromatic rings. The van der Waals surface area contributed by atoms with Gasteiger partial charge in [-0.15, -0.1) is 5.10 Å². The molecule has 0 bridgehead atoms. The SMILES string of the molecule is COC(=O)/C=C1/S/C(=N\N=Cc2cc(Br)cc(I)c2OC(C)C)NC1=O. The summed E-state index contributed by atoms with van der Waals surface area (Å²) in [6.07, 6.45) is 2.67. The van der Waals surface area contributed by atoms with Crippen LogP contribution in [-0.2, 0) is 14.3 Å². The molecule has 0 unspecified atom stereocenters. The van der Waals surface area contributed by atoms with Crippen molar-refractivity contribution in [2.24, 2.45) is 10.2 Å². The van der Waals surface area contributed by atoms with Gasteiger partial charge in [0.15, 0.2) is 5.17 Å². The Morgan fingerprint density at radius 2 is 2.15 bits per heavy atom. The Kier molecular flexibility index (Phi) is 7.65.